The van der Waals surface area contributed by atoms with Gasteiger partial charge >= 0.3 is 0 Å². The van der Waals surface area contributed by atoms with Crippen molar-refractivity contribution in [3.63, 3.8) is 0 Å². The lowest BCUT2D eigenvalue weighted by Gasteiger charge is -2.33. The number of hydrogen-bond acceptors (Lipinski definition) is 1. The van der Waals surface area contributed by atoms with Crippen molar-refractivity contribution >= 4 is 0 Å². The van der Waals surface area contributed by atoms with E-state index < -0.39 is 0 Å². The largest absolute Gasteiger partial charge is 0.369 e. The number of hydrogen-bond donors (Lipinski definition) is 0. The van der Waals surface area contributed by atoms with Gasteiger partial charge in [0.05, 0.1) is 12.2 Å². The van der Waals surface area contributed by atoms with Crippen LogP contribution in [0.3, 0.4) is 0 Å². The van der Waals surface area contributed by atoms with E-state index in [0.29, 0.717) is 12.2 Å². The van der Waals surface area contributed by atoms with E-state index >= 15 is 0 Å². The first-order chi connectivity index (χ1) is 7.28. The first kappa shape index (κ1) is 9.04. The molecule has 0 aromatic carbocycles. The molecule has 1 heteroatoms. The van der Waals surface area contributed by atoms with Gasteiger partial charge in [-0.05, 0) is 55.3 Å². The topological polar surface area (TPSA) is 12.5 Å². The molecule has 0 aromatic rings. The van der Waals surface area contributed by atoms with Crippen molar-refractivity contribution in [1.82, 2.24) is 0 Å². The lowest BCUT2D eigenvalue weighted by molar-refractivity contribution is 0.152. The second kappa shape index (κ2) is 2.80. The maximum absolute atomic E-state index is 5.84. The van der Waals surface area contributed by atoms with Gasteiger partial charge in [-0.15, -0.1) is 0 Å². The minimum absolute atomic E-state index is 0.690. The highest BCUT2D eigenvalue weighted by Crippen LogP contribution is 2.66. The zero-order chi connectivity index (χ0) is 10.0. The third-order valence-corrected chi connectivity index (χ3v) is 5.84. The fourth-order valence-electron chi connectivity index (χ4n) is 4.80. The molecule has 6 unspecified atom stereocenters. The predicted octanol–water partition coefficient (Wildman–Crippen LogP) is 3.38. The van der Waals surface area contributed by atoms with E-state index in [1.807, 2.05) is 0 Å². The summed E-state index contributed by atoms with van der Waals surface area (Å²) in [7, 11) is 0. The van der Waals surface area contributed by atoms with Crippen LogP contribution in [0.1, 0.15) is 51.9 Å². The smallest absolute Gasteiger partial charge is 0.0872 e. The van der Waals surface area contributed by atoms with Gasteiger partial charge in [0.1, 0.15) is 0 Å². The lowest BCUT2D eigenvalue weighted by Crippen LogP contribution is -2.30. The van der Waals surface area contributed by atoms with Crippen LogP contribution >= 0.6 is 0 Å². The molecule has 4 aliphatic rings. The molecule has 3 saturated carbocycles. The fourth-order valence-corrected chi connectivity index (χ4v) is 4.80. The van der Waals surface area contributed by atoms with Crippen LogP contribution in [-0.2, 0) is 4.74 Å². The first-order valence-corrected chi connectivity index (χ1v) is 6.93. The van der Waals surface area contributed by atoms with E-state index in [9.17, 15) is 0 Å². The van der Waals surface area contributed by atoms with E-state index in [1.54, 1.807) is 0 Å². The molecule has 6 atom stereocenters. The summed E-state index contributed by atoms with van der Waals surface area (Å²) in [6, 6.07) is 0. The maximum atomic E-state index is 5.84. The molecule has 0 radical (unpaired) electrons. The Morgan fingerprint density at radius 2 is 1.93 bits per heavy atom. The maximum Gasteiger partial charge on any atom is 0.0872 e. The molecule has 0 bridgehead atoms. The average molecular weight is 206 g/mol. The van der Waals surface area contributed by atoms with Gasteiger partial charge in [0, 0.05) is 0 Å². The number of ether oxygens (including phenoxy) is 1. The van der Waals surface area contributed by atoms with Crippen LogP contribution < -0.4 is 0 Å². The summed E-state index contributed by atoms with van der Waals surface area (Å²) in [6.45, 7) is 2.53. The van der Waals surface area contributed by atoms with Crippen LogP contribution in [-0.4, -0.2) is 12.2 Å². The van der Waals surface area contributed by atoms with E-state index in [1.165, 1.54) is 44.9 Å². The Morgan fingerprint density at radius 1 is 1.07 bits per heavy atom. The van der Waals surface area contributed by atoms with Crippen LogP contribution in [0.15, 0.2) is 0 Å². The quantitative estimate of drug-likeness (QED) is 0.599. The Kier molecular flexibility index (Phi) is 1.68. The lowest BCUT2D eigenvalue weighted by atomic mass is 9.71. The highest BCUT2D eigenvalue weighted by Gasteiger charge is 2.60. The monoisotopic (exact) mass is 206 g/mol. The number of epoxide rings is 1. The molecule has 4 rings (SSSR count). The van der Waals surface area contributed by atoms with Crippen molar-refractivity contribution in [2.75, 3.05) is 0 Å². The van der Waals surface area contributed by atoms with Gasteiger partial charge in [0.25, 0.3) is 0 Å². The number of fused-ring (bicyclic) bond motifs is 2. The molecule has 0 aromatic heterocycles. The molecule has 0 spiro atoms. The van der Waals surface area contributed by atoms with Crippen LogP contribution in [0, 0.1) is 23.2 Å². The molecular formula is C14H22O. The van der Waals surface area contributed by atoms with Gasteiger partial charge in [-0.2, -0.15) is 0 Å². The van der Waals surface area contributed by atoms with Crippen molar-refractivity contribution in [1.29, 1.82) is 0 Å². The van der Waals surface area contributed by atoms with Crippen molar-refractivity contribution in [3.05, 3.63) is 0 Å². The third-order valence-electron chi connectivity index (χ3n) is 5.84. The molecule has 0 N–H and O–H groups in total. The molecule has 0 amide bonds. The Bertz CT molecular complexity index is 287. The van der Waals surface area contributed by atoms with Gasteiger partial charge < -0.3 is 4.74 Å². The number of rotatable bonds is 1. The zero-order valence-electron chi connectivity index (χ0n) is 9.74. The van der Waals surface area contributed by atoms with E-state index in [-0.39, 0.29) is 0 Å². The van der Waals surface area contributed by atoms with E-state index in [4.69, 9.17) is 4.74 Å². The van der Waals surface area contributed by atoms with Gasteiger partial charge in [-0.25, -0.2) is 0 Å². The van der Waals surface area contributed by atoms with Crippen molar-refractivity contribution < 1.29 is 4.74 Å². The van der Waals surface area contributed by atoms with Crippen LogP contribution in [0.2, 0.25) is 0 Å². The summed E-state index contributed by atoms with van der Waals surface area (Å²) in [6.07, 6.45) is 11.7. The Balaban J connectivity index is 1.52. The summed E-state index contributed by atoms with van der Waals surface area (Å²) >= 11 is 0. The molecule has 15 heavy (non-hydrogen) atoms. The van der Waals surface area contributed by atoms with Gasteiger partial charge in [-0.1, -0.05) is 19.8 Å². The first-order valence-electron chi connectivity index (χ1n) is 6.93. The Labute approximate surface area is 92.6 Å². The molecular weight excluding hydrogens is 184 g/mol. The van der Waals surface area contributed by atoms with E-state index in [2.05, 4.69) is 6.92 Å². The molecule has 3 aliphatic carbocycles. The molecule has 4 fully saturated rings. The average Bonchev–Trinajstić information content (AvgIpc) is 3.08. The second-order valence-corrected chi connectivity index (χ2v) is 6.75. The SMILES string of the molecule is CC12CCCC(C3CCCC4OC43)C1C2. The van der Waals surface area contributed by atoms with E-state index in [0.717, 1.165) is 23.2 Å². The summed E-state index contributed by atoms with van der Waals surface area (Å²) in [5, 5.41) is 0. The minimum Gasteiger partial charge on any atom is -0.369 e. The van der Waals surface area contributed by atoms with Gasteiger partial charge in [0.2, 0.25) is 0 Å². The molecule has 1 nitrogen and oxygen atoms in total. The second-order valence-electron chi connectivity index (χ2n) is 6.75. The van der Waals surface area contributed by atoms with Crippen molar-refractivity contribution in [2.45, 2.75) is 64.1 Å². The highest BCUT2D eigenvalue weighted by molar-refractivity contribution is 5.09. The highest BCUT2D eigenvalue weighted by atomic mass is 16.6. The summed E-state index contributed by atoms with van der Waals surface area (Å²) in [4.78, 5) is 0. The van der Waals surface area contributed by atoms with Crippen LogP contribution in [0.4, 0.5) is 0 Å². The summed E-state index contributed by atoms with van der Waals surface area (Å²) in [5.74, 6) is 3.08. The molecule has 1 aliphatic heterocycles. The Morgan fingerprint density at radius 3 is 2.87 bits per heavy atom. The standard InChI is InChI=1S/C14H22O/c1-14-7-3-5-9(11(14)8-14)10-4-2-6-12-13(10)15-12/h9-13H,2-8H2,1H3. The normalized spacial score (nSPS) is 61.8. The fraction of sp³-hybridized carbons (Fsp3) is 1.00. The van der Waals surface area contributed by atoms with Gasteiger partial charge in [0.15, 0.2) is 0 Å². The molecule has 1 heterocycles. The van der Waals surface area contributed by atoms with Crippen LogP contribution in [0.5, 0.6) is 0 Å². The zero-order valence-corrected chi connectivity index (χ0v) is 9.74. The summed E-state index contributed by atoms with van der Waals surface area (Å²) in [5.41, 5.74) is 0.769. The van der Waals surface area contributed by atoms with Crippen molar-refractivity contribution in [2.24, 2.45) is 23.2 Å². The Hall–Kier alpha value is -0.0400. The van der Waals surface area contributed by atoms with Crippen molar-refractivity contribution in [3.8, 4) is 0 Å². The third kappa shape index (κ3) is 1.25. The van der Waals surface area contributed by atoms with Crippen LogP contribution in [0.25, 0.3) is 0 Å². The predicted molar refractivity (Wildman–Crippen MR) is 59.6 cm³/mol. The molecule has 1 saturated heterocycles. The minimum atomic E-state index is 0.690. The molecule has 84 valence electrons. The van der Waals surface area contributed by atoms with Gasteiger partial charge in [-0.3, -0.25) is 0 Å². The summed E-state index contributed by atoms with van der Waals surface area (Å²) < 4.78 is 5.84.